The third-order valence-corrected chi connectivity index (χ3v) is 3.12. The third-order valence-electron chi connectivity index (χ3n) is 3.12. The maximum atomic E-state index is 11.8. The van der Waals surface area contributed by atoms with E-state index in [0.717, 1.165) is 18.4 Å². The molecule has 0 aromatic carbocycles. The van der Waals surface area contributed by atoms with Gasteiger partial charge in [-0.1, -0.05) is 52.2 Å². The lowest BCUT2D eigenvalue weighted by molar-refractivity contribution is -0.137. The summed E-state index contributed by atoms with van der Waals surface area (Å²) >= 11 is 0. The summed E-state index contributed by atoms with van der Waals surface area (Å²) in [7, 11) is 1.32. The molecule has 0 saturated heterocycles. The number of carbonyl (C=O) groups excluding carboxylic acids is 2. The third kappa shape index (κ3) is 8.33. The normalized spacial score (nSPS) is 12.5. The molecule has 0 saturated carbocycles. The topological polar surface area (TPSA) is 55.4 Å². The lowest BCUT2D eigenvalue weighted by Crippen LogP contribution is -2.28. The van der Waals surface area contributed by atoms with Crippen LogP contribution in [-0.2, 0) is 14.3 Å². The van der Waals surface area contributed by atoms with Crippen molar-refractivity contribution in [1.82, 2.24) is 5.32 Å². The van der Waals surface area contributed by atoms with E-state index >= 15 is 0 Å². The first-order valence-corrected chi connectivity index (χ1v) is 7.70. The summed E-state index contributed by atoms with van der Waals surface area (Å²) in [5.41, 5.74) is 1.04. The molecule has 4 heteroatoms. The van der Waals surface area contributed by atoms with E-state index in [2.05, 4.69) is 18.3 Å². The second-order valence-corrected chi connectivity index (χ2v) is 5.41. The molecule has 0 aliphatic carbocycles. The van der Waals surface area contributed by atoms with Crippen LogP contribution in [0.25, 0.3) is 0 Å². The average molecular weight is 295 g/mol. The van der Waals surface area contributed by atoms with Crippen molar-refractivity contribution >= 4 is 11.9 Å². The molecule has 0 aromatic heterocycles. The molecule has 0 spiro atoms. The number of unbranched alkanes of at least 4 members (excludes halogenated alkanes) is 4. The van der Waals surface area contributed by atoms with Crippen molar-refractivity contribution in [3.63, 3.8) is 0 Å². The fourth-order valence-corrected chi connectivity index (χ4v) is 1.98. The van der Waals surface area contributed by atoms with Crippen molar-refractivity contribution in [2.24, 2.45) is 5.92 Å². The number of hydrogen-bond acceptors (Lipinski definition) is 3. The summed E-state index contributed by atoms with van der Waals surface area (Å²) in [6.45, 7) is 7.55. The minimum atomic E-state index is -0.510. The molecule has 1 amide bonds. The van der Waals surface area contributed by atoms with Crippen LogP contribution in [0.3, 0.4) is 0 Å². The van der Waals surface area contributed by atoms with E-state index in [-0.39, 0.29) is 17.5 Å². The number of hydrogen-bond donors (Lipinski definition) is 1. The maximum Gasteiger partial charge on any atom is 0.354 e. The molecule has 0 fully saturated rings. The van der Waals surface area contributed by atoms with Gasteiger partial charge in [0.05, 0.1) is 7.11 Å². The van der Waals surface area contributed by atoms with Crippen molar-refractivity contribution in [1.29, 1.82) is 0 Å². The zero-order chi connectivity index (χ0) is 16.3. The van der Waals surface area contributed by atoms with Crippen LogP contribution in [-0.4, -0.2) is 19.0 Å². The van der Waals surface area contributed by atoms with E-state index in [1.54, 1.807) is 0 Å². The van der Waals surface area contributed by atoms with Crippen molar-refractivity contribution in [3.8, 4) is 0 Å². The molecular weight excluding hydrogens is 266 g/mol. The predicted octanol–water partition coefficient (Wildman–Crippen LogP) is 3.73. The molecule has 21 heavy (non-hydrogen) atoms. The highest BCUT2D eigenvalue weighted by Crippen LogP contribution is 2.17. The van der Waals surface area contributed by atoms with Gasteiger partial charge in [0.2, 0.25) is 5.91 Å². The van der Waals surface area contributed by atoms with Gasteiger partial charge in [-0.05, 0) is 24.3 Å². The molecule has 0 aliphatic rings. The molecule has 1 N–H and O–H groups in total. The summed E-state index contributed by atoms with van der Waals surface area (Å²) in [5, 5.41) is 2.59. The number of esters is 1. The van der Waals surface area contributed by atoms with Crippen LogP contribution < -0.4 is 5.32 Å². The van der Waals surface area contributed by atoms with Gasteiger partial charge in [0.1, 0.15) is 5.70 Å². The molecule has 0 aromatic rings. The van der Waals surface area contributed by atoms with Crippen LogP contribution >= 0.6 is 0 Å². The molecule has 4 nitrogen and oxygen atoms in total. The minimum Gasteiger partial charge on any atom is -0.464 e. The number of rotatable bonds is 9. The Morgan fingerprint density at radius 1 is 1.19 bits per heavy atom. The molecule has 0 rings (SSSR count). The number of carbonyl (C=O) groups is 2. The van der Waals surface area contributed by atoms with Crippen molar-refractivity contribution in [2.45, 2.75) is 59.8 Å². The van der Waals surface area contributed by atoms with Crippen molar-refractivity contribution in [2.75, 3.05) is 7.11 Å². The first kappa shape index (κ1) is 19.4. The van der Waals surface area contributed by atoms with E-state index in [1.165, 1.54) is 33.3 Å². The quantitative estimate of drug-likeness (QED) is 0.305. The van der Waals surface area contributed by atoms with Gasteiger partial charge in [-0.15, -0.1) is 0 Å². The highest BCUT2D eigenvalue weighted by atomic mass is 16.5. The number of allylic oxidation sites excluding steroid dienone is 3. The van der Waals surface area contributed by atoms with Gasteiger partial charge in [-0.2, -0.15) is 0 Å². The number of ether oxygens (including phenoxy) is 1. The van der Waals surface area contributed by atoms with E-state index in [1.807, 2.05) is 19.9 Å². The Bertz CT molecular complexity index is 395. The lowest BCUT2D eigenvalue weighted by Gasteiger charge is -2.14. The Kier molecular flexibility index (Phi) is 10.3. The Labute approximate surface area is 128 Å². The molecule has 0 bridgehead atoms. The van der Waals surface area contributed by atoms with E-state index in [9.17, 15) is 9.59 Å². The molecule has 0 heterocycles. The fourth-order valence-electron chi connectivity index (χ4n) is 1.98. The van der Waals surface area contributed by atoms with E-state index < -0.39 is 5.97 Å². The highest BCUT2D eigenvalue weighted by molar-refractivity contribution is 5.94. The number of amides is 1. The zero-order valence-corrected chi connectivity index (χ0v) is 14.0. The molecule has 0 unspecified atom stereocenters. The second-order valence-electron chi connectivity index (χ2n) is 5.41. The van der Waals surface area contributed by atoms with Gasteiger partial charge in [0.15, 0.2) is 0 Å². The van der Waals surface area contributed by atoms with E-state index in [4.69, 9.17) is 4.74 Å². The minimum absolute atomic E-state index is 0.123. The van der Waals surface area contributed by atoms with Crippen molar-refractivity contribution < 1.29 is 14.3 Å². The van der Waals surface area contributed by atoms with Gasteiger partial charge in [-0.25, -0.2) is 4.79 Å². The fraction of sp³-hybridized carbons (Fsp3) is 0.647. The van der Waals surface area contributed by atoms with Crippen LogP contribution in [0, 0.1) is 5.92 Å². The van der Waals surface area contributed by atoms with Gasteiger partial charge in [-0.3, -0.25) is 4.79 Å². The molecular formula is C17H29NO3. The SMILES string of the molecule is CCCCCC/C=C/C(=C(\NC(C)=O)C(=O)OC)C(C)C. The number of methoxy groups -OCH3 is 1. The predicted molar refractivity (Wildman–Crippen MR) is 85.6 cm³/mol. The Balaban J connectivity index is 5.01. The summed E-state index contributed by atoms with van der Waals surface area (Å²) in [6.07, 6.45) is 9.80. The van der Waals surface area contributed by atoms with E-state index in [0.29, 0.717) is 0 Å². The second kappa shape index (κ2) is 11.1. The largest absolute Gasteiger partial charge is 0.464 e. The lowest BCUT2D eigenvalue weighted by atomic mass is 9.99. The number of nitrogens with one attached hydrogen (secondary N) is 1. The Morgan fingerprint density at radius 2 is 1.86 bits per heavy atom. The van der Waals surface area contributed by atoms with Crippen LogP contribution in [0.2, 0.25) is 0 Å². The van der Waals surface area contributed by atoms with Crippen LogP contribution in [0.4, 0.5) is 0 Å². The first-order chi connectivity index (χ1) is 9.93. The highest BCUT2D eigenvalue weighted by Gasteiger charge is 2.17. The monoisotopic (exact) mass is 295 g/mol. The summed E-state index contributed by atoms with van der Waals surface area (Å²) in [6, 6.07) is 0. The summed E-state index contributed by atoms with van der Waals surface area (Å²) in [5.74, 6) is -0.660. The molecule has 120 valence electrons. The summed E-state index contributed by atoms with van der Waals surface area (Å²) in [4.78, 5) is 23.1. The maximum absolute atomic E-state index is 11.8. The van der Waals surface area contributed by atoms with Gasteiger partial charge in [0, 0.05) is 6.92 Å². The van der Waals surface area contributed by atoms with Crippen molar-refractivity contribution in [3.05, 3.63) is 23.4 Å². The Morgan fingerprint density at radius 3 is 2.33 bits per heavy atom. The Hall–Kier alpha value is -1.58. The molecule has 0 radical (unpaired) electrons. The zero-order valence-electron chi connectivity index (χ0n) is 14.0. The van der Waals surface area contributed by atoms with Crippen LogP contribution in [0.5, 0.6) is 0 Å². The van der Waals surface area contributed by atoms with Gasteiger partial charge in [0.25, 0.3) is 0 Å². The van der Waals surface area contributed by atoms with Crippen LogP contribution in [0.15, 0.2) is 23.4 Å². The molecule has 0 aliphatic heterocycles. The summed E-state index contributed by atoms with van der Waals surface area (Å²) < 4.78 is 4.76. The molecule has 0 atom stereocenters. The standard InChI is InChI=1S/C17H29NO3/c1-6-7-8-9-10-11-12-15(13(2)3)16(17(20)21-5)18-14(4)19/h11-13H,6-10H2,1-5H3,(H,18,19)/b12-11+,16-15+. The van der Waals surface area contributed by atoms with Crippen LogP contribution in [0.1, 0.15) is 59.8 Å². The smallest absolute Gasteiger partial charge is 0.354 e. The first-order valence-electron chi connectivity index (χ1n) is 7.70. The van der Waals surface area contributed by atoms with Gasteiger partial charge < -0.3 is 10.1 Å². The van der Waals surface area contributed by atoms with Gasteiger partial charge >= 0.3 is 5.97 Å². The average Bonchev–Trinajstić information content (AvgIpc) is 2.43.